The molecule has 1 atom stereocenters. The van der Waals surface area contributed by atoms with Crippen molar-refractivity contribution in [2.45, 2.75) is 63.2 Å². The number of aryl methyl sites for hydroxylation is 1. The molecule has 1 aromatic rings. The van der Waals surface area contributed by atoms with E-state index in [2.05, 4.69) is 9.80 Å². The molecule has 1 amide bonds. The molecule has 1 N–H and O–H groups in total. The zero-order valence-corrected chi connectivity index (χ0v) is 19.3. The van der Waals surface area contributed by atoms with E-state index in [-0.39, 0.29) is 11.9 Å². The molecule has 3 heterocycles. The van der Waals surface area contributed by atoms with Gasteiger partial charge in [0.05, 0.1) is 12.6 Å². The molecule has 2 saturated heterocycles. The smallest absolute Gasteiger partial charge is 0.475 e. The number of hydrogen-bond donors (Lipinski definition) is 1. The summed E-state index contributed by atoms with van der Waals surface area (Å²) in [5, 5.41) is 7.12. The molecule has 0 aromatic carbocycles. The number of likely N-dealkylation sites (tertiary alicyclic amines) is 2. The molecule has 4 rings (SSSR count). The van der Waals surface area contributed by atoms with Gasteiger partial charge < -0.3 is 24.2 Å². The second-order valence-corrected chi connectivity index (χ2v) is 9.53. The lowest BCUT2D eigenvalue weighted by atomic mass is 9.76. The van der Waals surface area contributed by atoms with E-state index in [1.807, 2.05) is 29.9 Å². The van der Waals surface area contributed by atoms with Crippen molar-refractivity contribution in [3.63, 3.8) is 0 Å². The van der Waals surface area contributed by atoms with Crippen LogP contribution in [0.4, 0.5) is 13.2 Å². The maximum atomic E-state index is 13.2. The van der Waals surface area contributed by atoms with E-state index in [1.54, 1.807) is 7.11 Å². The minimum atomic E-state index is -5.08. The molecule has 1 saturated carbocycles. The van der Waals surface area contributed by atoms with Crippen molar-refractivity contribution in [3.8, 4) is 0 Å². The summed E-state index contributed by atoms with van der Waals surface area (Å²) < 4.78 is 39.1. The van der Waals surface area contributed by atoms with Gasteiger partial charge in [0.2, 0.25) is 0 Å². The number of amides is 1. The Morgan fingerprint density at radius 2 is 1.82 bits per heavy atom. The highest BCUT2D eigenvalue weighted by molar-refractivity contribution is 5.93. The van der Waals surface area contributed by atoms with Crippen molar-refractivity contribution in [1.29, 1.82) is 0 Å². The van der Waals surface area contributed by atoms with Crippen LogP contribution < -0.4 is 0 Å². The average Bonchev–Trinajstić information content (AvgIpc) is 3.50. The highest BCUT2D eigenvalue weighted by Gasteiger charge is 2.48. The van der Waals surface area contributed by atoms with Crippen LogP contribution in [0.5, 0.6) is 0 Å². The Labute approximate surface area is 192 Å². The lowest BCUT2D eigenvalue weighted by Gasteiger charge is -2.41. The summed E-state index contributed by atoms with van der Waals surface area (Å²) in [4.78, 5) is 26.9. The van der Waals surface area contributed by atoms with Gasteiger partial charge in [0, 0.05) is 32.9 Å². The first kappa shape index (κ1) is 25.6. The molecule has 0 radical (unpaired) electrons. The third-order valence-electron chi connectivity index (χ3n) is 7.34. The van der Waals surface area contributed by atoms with Crippen LogP contribution in [-0.2, 0) is 16.6 Å². The number of halogens is 3. The summed E-state index contributed by atoms with van der Waals surface area (Å²) in [6.45, 7) is 3.95. The van der Waals surface area contributed by atoms with Gasteiger partial charge in [-0.2, -0.15) is 13.2 Å². The van der Waals surface area contributed by atoms with Crippen molar-refractivity contribution in [2.24, 2.45) is 12.5 Å². The number of aromatic nitrogens is 1. The molecule has 3 aliphatic rings. The topological polar surface area (TPSA) is 75.0 Å². The van der Waals surface area contributed by atoms with Crippen LogP contribution in [0, 0.1) is 5.41 Å². The molecule has 33 heavy (non-hydrogen) atoms. The monoisotopic (exact) mass is 473 g/mol. The Balaban J connectivity index is 0.000000383. The highest BCUT2D eigenvalue weighted by atomic mass is 19.4. The number of hydrogen-bond acceptors (Lipinski definition) is 4. The third-order valence-corrected chi connectivity index (χ3v) is 7.34. The summed E-state index contributed by atoms with van der Waals surface area (Å²) >= 11 is 0. The first-order valence-electron chi connectivity index (χ1n) is 11.5. The van der Waals surface area contributed by atoms with Crippen LogP contribution in [-0.4, -0.2) is 83.0 Å². The molecular weight excluding hydrogens is 439 g/mol. The fourth-order valence-corrected chi connectivity index (χ4v) is 5.57. The van der Waals surface area contributed by atoms with Gasteiger partial charge in [-0.15, -0.1) is 0 Å². The van der Waals surface area contributed by atoms with E-state index < -0.39 is 12.1 Å². The van der Waals surface area contributed by atoms with Crippen molar-refractivity contribution < 1.29 is 32.6 Å². The van der Waals surface area contributed by atoms with Gasteiger partial charge in [-0.1, -0.05) is 12.8 Å². The summed E-state index contributed by atoms with van der Waals surface area (Å²) in [6, 6.07) is 4.91. The minimum absolute atomic E-state index is 0.162. The first-order chi connectivity index (χ1) is 15.6. The maximum Gasteiger partial charge on any atom is 0.490 e. The number of aliphatic carboxylic acids is 1. The Bertz CT molecular complexity index is 812. The van der Waals surface area contributed by atoms with Gasteiger partial charge in [0.15, 0.2) is 0 Å². The lowest BCUT2D eigenvalue weighted by molar-refractivity contribution is -0.192. The molecule has 0 bridgehead atoms. The predicted molar refractivity (Wildman–Crippen MR) is 116 cm³/mol. The van der Waals surface area contributed by atoms with Crippen LogP contribution in [0.2, 0.25) is 0 Å². The maximum absolute atomic E-state index is 13.2. The molecule has 7 nitrogen and oxygen atoms in total. The number of carbonyl (C=O) groups is 2. The fraction of sp³-hybridized carbons (Fsp3) is 0.739. The molecule has 3 fully saturated rings. The summed E-state index contributed by atoms with van der Waals surface area (Å²) in [5.41, 5.74) is 1.07. The van der Waals surface area contributed by atoms with Gasteiger partial charge >= 0.3 is 12.1 Å². The van der Waals surface area contributed by atoms with Crippen LogP contribution >= 0.6 is 0 Å². The Morgan fingerprint density at radius 1 is 1.21 bits per heavy atom. The molecule has 1 spiro atoms. The van der Waals surface area contributed by atoms with Gasteiger partial charge in [0.1, 0.15) is 5.69 Å². The Morgan fingerprint density at radius 3 is 2.30 bits per heavy atom. The predicted octanol–water partition coefficient (Wildman–Crippen LogP) is 3.54. The van der Waals surface area contributed by atoms with E-state index in [4.69, 9.17) is 14.6 Å². The molecule has 1 unspecified atom stereocenters. The molecule has 10 heteroatoms. The standard InChI is InChI=1S/C21H33N3O2.C2HF3O2/c1-22-11-5-8-19(22)20(25)24-16-21(14-18(24)15-26-2)9-12-23(13-10-21)17-6-3-4-7-17;3-2(4,5)1(6)7/h5,8,11,17-18H,3-4,6-7,9-10,12-16H2,1-2H3;(H,6,7). The van der Waals surface area contributed by atoms with Crippen LogP contribution in [0.3, 0.4) is 0 Å². The number of carboxylic acid groups (broad SMARTS) is 1. The van der Waals surface area contributed by atoms with Gasteiger partial charge in [-0.05, 0) is 62.7 Å². The van der Waals surface area contributed by atoms with Crippen LogP contribution in [0.25, 0.3) is 0 Å². The number of methoxy groups -OCH3 is 1. The number of rotatable bonds is 4. The average molecular weight is 474 g/mol. The highest BCUT2D eigenvalue weighted by Crippen LogP contribution is 2.45. The number of nitrogens with zero attached hydrogens (tertiary/aromatic N) is 3. The van der Waals surface area contributed by atoms with E-state index in [1.165, 1.54) is 51.6 Å². The first-order valence-corrected chi connectivity index (χ1v) is 11.5. The van der Waals surface area contributed by atoms with Gasteiger partial charge in [0.25, 0.3) is 5.91 Å². The number of ether oxygens (including phenoxy) is 1. The Hall–Kier alpha value is -2.07. The van der Waals surface area contributed by atoms with E-state index >= 15 is 0 Å². The molecular formula is C23H34F3N3O4. The largest absolute Gasteiger partial charge is 0.490 e. The number of piperidine rings is 1. The van der Waals surface area contributed by atoms with Crippen LogP contribution in [0.1, 0.15) is 55.4 Å². The number of alkyl halides is 3. The Kier molecular flexibility index (Phi) is 8.10. The summed E-state index contributed by atoms with van der Waals surface area (Å²) in [7, 11) is 3.70. The second-order valence-electron chi connectivity index (χ2n) is 9.53. The normalized spacial score (nSPS) is 23.5. The number of carboxylic acids is 1. The lowest BCUT2D eigenvalue weighted by Crippen LogP contribution is -2.45. The molecule has 1 aliphatic carbocycles. The minimum Gasteiger partial charge on any atom is -0.475 e. The van der Waals surface area contributed by atoms with Gasteiger partial charge in [-0.25, -0.2) is 4.79 Å². The van der Waals surface area contributed by atoms with Crippen molar-refractivity contribution in [1.82, 2.24) is 14.4 Å². The summed E-state index contributed by atoms with van der Waals surface area (Å²) in [5.74, 6) is -2.60. The number of carbonyl (C=O) groups excluding carboxylic acids is 1. The van der Waals surface area contributed by atoms with E-state index in [0.29, 0.717) is 12.0 Å². The van der Waals surface area contributed by atoms with E-state index in [0.717, 1.165) is 24.7 Å². The fourth-order valence-electron chi connectivity index (χ4n) is 5.57. The van der Waals surface area contributed by atoms with Crippen molar-refractivity contribution in [2.75, 3.05) is 33.4 Å². The third kappa shape index (κ3) is 6.09. The quantitative estimate of drug-likeness (QED) is 0.724. The molecule has 1 aromatic heterocycles. The van der Waals surface area contributed by atoms with Crippen LogP contribution in [0.15, 0.2) is 18.3 Å². The zero-order valence-electron chi connectivity index (χ0n) is 19.3. The SMILES string of the molecule is COCC1CC2(CCN(C3CCCC3)CC2)CN1C(=O)c1cccn1C.O=C(O)C(F)(F)F. The van der Waals surface area contributed by atoms with E-state index in [9.17, 15) is 18.0 Å². The summed E-state index contributed by atoms with van der Waals surface area (Å²) in [6.07, 6.45) is 5.98. The van der Waals surface area contributed by atoms with Crippen molar-refractivity contribution in [3.05, 3.63) is 24.0 Å². The van der Waals surface area contributed by atoms with Gasteiger partial charge in [-0.3, -0.25) is 4.79 Å². The molecule has 2 aliphatic heterocycles. The van der Waals surface area contributed by atoms with Crippen molar-refractivity contribution >= 4 is 11.9 Å². The zero-order chi connectivity index (χ0) is 24.2. The second kappa shape index (κ2) is 10.5. The molecule has 186 valence electrons.